The second kappa shape index (κ2) is 7.86. The Balaban J connectivity index is 1.68. The number of nitriles is 1. The van der Waals surface area contributed by atoms with Crippen LogP contribution in [0, 0.1) is 23.2 Å². The molecule has 0 fully saturated rings. The molecule has 29 heavy (non-hydrogen) atoms. The summed E-state index contributed by atoms with van der Waals surface area (Å²) in [6, 6.07) is 13.6. The Labute approximate surface area is 168 Å². The van der Waals surface area contributed by atoms with Gasteiger partial charge in [0.15, 0.2) is 5.82 Å². The van der Waals surface area contributed by atoms with E-state index in [2.05, 4.69) is 46.3 Å². The summed E-state index contributed by atoms with van der Waals surface area (Å²) in [6.07, 6.45) is 3.24. The number of nitrogens with zero attached hydrogens (tertiary/aromatic N) is 4. The molecule has 0 aliphatic rings. The van der Waals surface area contributed by atoms with Crippen LogP contribution in [0.25, 0.3) is 27.8 Å². The minimum absolute atomic E-state index is 0.0119. The van der Waals surface area contributed by atoms with Crippen LogP contribution in [0.5, 0.6) is 0 Å². The molecule has 0 bridgehead atoms. The number of aromatic amines is 1. The Bertz CT molecular complexity index is 1260. The Morgan fingerprint density at radius 1 is 1.21 bits per heavy atom. The molecule has 1 atom stereocenters. The fraction of sp³-hybridized carbons (Fsp3) is 0.273. The average Bonchev–Trinajstić information content (AvgIpc) is 3.20. The highest BCUT2D eigenvalue weighted by atomic mass is 16.1. The number of pyridine rings is 1. The Morgan fingerprint density at radius 3 is 2.86 bits per heavy atom. The summed E-state index contributed by atoms with van der Waals surface area (Å²) < 4.78 is 1.62. The summed E-state index contributed by atoms with van der Waals surface area (Å²) in [6.45, 7) is 5.42. The van der Waals surface area contributed by atoms with Crippen LogP contribution in [-0.2, 0) is 6.54 Å². The van der Waals surface area contributed by atoms with Crippen molar-refractivity contribution in [2.24, 2.45) is 11.8 Å². The van der Waals surface area contributed by atoms with Gasteiger partial charge in [0.25, 0.3) is 5.56 Å². The van der Waals surface area contributed by atoms with Crippen molar-refractivity contribution in [1.29, 1.82) is 5.26 Å². The molecule has 0 aliphatic heterocycles. The quantitative estimate of drug-likeness (QED) is 0.530. The normalized spacial score (nSPS) is 12.5. The highest BCUT2D eigenvalue weighted by Gasteiger charge is 2.13. The number of nitrogens with one attached hydrogen (secondary N) is 2. The molecule has 2 N–H and O–H groups in total. The molecule has 0 saturated carbocycles. The molecule has 7 nitrogen and oxygen atoms in total. The van der Waals surface area contributed by atoms with Gasteiger partial charge in [-0.3, -0.25) is 9.36 Å². The summed E-state index contributed by atoms with van der Waals surface area (Å²) in [7, 11) is 0. The van der Waals surface area contributed by atoms with E-state index in [9.17, 15) is 10.1 Å². The lowest BCUT2D eigenvalue weighted by Gasteiger charge is -2.14. The third-order valence-electron chi connectivity index (χ3n) is 5.17. The molecule has 0 radical (unpaired) electrons. The van der Waals surface area contributed by atoms with Gasteiger partial charge in [0.05, 0.1) is 22.9 Å². The summed E-state index contributed by atoms with van der Waals surface area (Å²) in [4.78, 5) is 24.3. The lowest BCUT2D eigenvalue weighted by molar-refractivity contribution is 0.442. The van der Waals surface area contributed by atoms with Gasteiger partial charge in [0.2, 0.25) is 0 Å². The maximum Gasteiger partial charge on any atom is 0.256 e. The summed E-state index contributed by atoms with van der Waals surface area (Å²) in [5.74, 6) is 0.866. The summed E-state index contributed by atoms with van der Waals surface area (Å²) >= 11 is 0. The molecule has 146 valence electrons. The molecule has 4 aromatic rings. The van der Waals surface area contributed by atoms with Gasteiger partial charge < -0.3 is 10.3 Å². The lowest BCUT2D eigenvalue weighted by Crippen LogP contribution is -2.25. The predicted molar refractivity (Wildman–Crippen MR) is 113 cm³/mol. The third kappa shape index (κ3) is 3.62. The van der Waals surface area contributed by atoms with Crippen molar-refractivity contribution in [3.05, 3.63) is 64.8 Å². The SMILES string of the molecule is CC(C)C(C#N)CNCc1ccc2c(ccc(=O)n2-c2ncnc3[nH]ccc23)c1. The minimum atomic E-state index is -0.140. The lowest BCUT2D eigenvalue weighted by atomic mass is 9.97. The van der Waals surface area contributed by atoms with Gasteiger partial charge in [-0.2, -0.15) is 5.26 Å². The highest BCUT2D eigenvalue weighted by Crippen LogP contribution is 2.21. The van der Waals surface area contributed by atoms with Crippen molar-refractivity contribution in [1.82, 2.24) is 24.8 Å². The van der Waals surface area contributed by atoms with Crippen LogP contribution in [0.15, 0.2) is 53.7 Å². The molecular weight excluding hydrogens is 364 g/mol. The number of benzene rings is 1. The van der Waals surface area contributed by atoms with E-state index in [-0.39, 0.29) is 11.5 Å². The van der Waals surface area contributed by atoms with Crippen LogP contribution < -0.4 is 10.9 Å². The third-order valence-corrected chi connectivity index (χ3v) is 5.17. The Kier molecular flexibility index (Phi) is 5.10. The second-order valence-corrected chi connectivity index (χ2v) is 7.45. The molecule has 0 saturated heterocycles. The molecule has 0 aliphatic carbocycles. The van der Waals surface area contributed by atoms with Crippen LogP contribution in [0.2, 0.25) is 0 Å². The number of hydrogen-bond donors (Lipinski definition) is 2. The molecule has 1 aromatic carbocycles. The Morgan fingerprint density at radius 2 is 2.07 bits per heavy atom. The van der Waals surface area contributed by atoms with E-state index in [0.29, 0.717) is 30.5 Å². The van der Waals surface area contributed by atoms with Crippen LogP contribution in [0.4, 0.5) is 0 Å². The van der Waals surface area contributed by atoms with Gasteiger partial charge in [-0.05, 0) is 41.1 Å². The van der Waals surface area contributed by atoms with Gasteiger partial charge in [0.1, 0.15) is 12.0 Å². The average molecular weight is 386 g/mol. The highest BCUT2D eigenvalue weighted by molar-refractivity contribution is 5.87. The molecule has 4 rings (SSSR count). The zero-order valence-corrected chi connectivity index (χ0v) is 16.4. The Hall–Kier alpha value is -3.50. The van der Waals surface area contributed by atoms with E-state index in [1.54, 1.807) is 16.8 Å². The van der Waals surface area contributed by atoms with E-state index in [1.807, 2.05) is 24.3 Å². The van der Waals surface area contributed by atoms with Crippen LogP contribution >= 0.6 is 0 Å². The van der Waals surface area contributed by atoms with Crippen molar-refractivity contribution < 1.29 is 0 Å². The molecular formula is C22H22N6O. The first-order chi connectivity index (χ1) is 14.1. The molecule has 3 heterocycles. The fourth-order valence-electron chi connectivity index (χ4n) is 3.46. The summed E-state index contributed by atoms with van der Waals surface area (Å²) in [5.41, 5.74) is 2.44. The maximum absolute atomic E-state index is 12.7. The van der Waals surface area contributed by atoms with Crippen LogP contribution in [0.1, 0.15) is 19.4 Å². The first-order valence-electron chi connectivity index (χ1n) is 9.62. The zero-order chi connectivity index (χ0) is 20.4. The van der Waals surface area contributed by atoms with Gasteiger partial charge in [-0.15, -0.1) is 0 Å². The van der Waals surface area contributed by atoms with Gasteiger partial charge >= 0.3 is 0 Å². The van der Waals surface area contributed by atoms with Gasteiger partial charge in [-0.25, -0.2) is 9.97 Å². The molecule has 1 unspecified atom stereocenters. The monoisotopic (exact) mass is 386 g/mol. The number of fused-ring (bicyclic) bond motifs is 2. The van der Waals surface area contributed by atoms with Crippen molar-refractivity contribution >= 4 is 21.9 Å². The van der Waals surface area contributed by atoms with Crippen molar-refractivity contribution in [3.63, 3.8) is 0 Å². The largest absolute Gasteiger partial charge is 0.346 e. The molecule has 0 amide bonds. The second-order valence-electron chi connectivity index (χ2n) is 7.45. The van der Waals surface area contributed by atoms with Crippen LogP contribution in [-0.4, -0.2) is 26.1 Å². The number of rotatable bonds is 6. The van der Waals surface area contributed by atoms with Crippen molar-refractivity contribution in [2.45, 2.75) is 20.4 Å². The predicted octanol–water partition coefficient (Wildman–Crippen LogP) is 3.15. The van der Waals surface area contributed by atoms with Gasteiger partial charge in [-0.1, -0.05) is 19.9 Å². The first-order valence-corrected chi connectivity index (χ1v) is 9.62. The van der Waals surface area contributed by atoms with E-state index in [4.69, 9.17) is 0 Å². The molecule has 0 spiro atoms. The van der Waals surface area contributed by atoms with E-state index in [0.717, 1.165) is 21.9 Å². The zero-order valence-electron chi connectivity index (χ0n) is 16.4. The number of hydrogen-bond acceptors (Lipinski definition) is 5. The minimum Gasteiger partial charge on any atom is -0.346 e. The molecule has 7 heteroatoms. The van der Waals surface area contributed by atoms with Crippen LogP contribution in [0.3, 0.4) is 0 Å². The van der Waals surface area contributed by atoms with E-state index >= 15 is 0 Å². The van der Waals surface area contributed by atoms with Crippen molar-refractivity contribution in [2.75, 3.05) is 6.54 Å². The van der Waals surface area contributed by atoms with E-state index in [1.165, 1.54) is 6.33 Å². The van der Waals surface area contributed by atoms with E-state index < -0.39 is 0 Å². The summed E-state index contributed by atoms with van der Waals surface area (Å²) in [5, 5.41) is 14.3. The number of aromatic nitrogens is 4. The topological polar surface area (TPSA) is 99.4 Å². The fourth-order valence-corrected chi connectivity index (χ4v) is 3.46. The van der Waals surface area contributed by atoms with Gasteiger partial charge in [0, 0.05) is 25.4 Å². The number of H-pyrrole nitrogens is 1. The van der Waals surface area contributed by atoms with Crippen molar-refractivity contribution in [3.8, 4) is 11.9 Å². The smallest absolute Gasteiger partial charge is 0.256 e. The maximum atomic E-state index is 12.7. The molecule has 3 aromatic heterocycles. The first kappa shape index (κ1) is 18.8. The standard InChI is InChI=1S/C22H22N6O/c1-14(2)17(10-23)12-24-11-15-3-5-19-16(9-15)4-6-20(29)28(19)22-18-7-8-25-21(18)26-13-27-22/h3-9,13-14,17,24H,11-12H2,1-2H3,(H,25,26,27).